The molecular weight excluding hydrogens is 184 g/mol. The summed E-state index contributed by atoms with van der Waals surface area (Å²) in [5.74, 6) is 2.68. The molecule has 0 radical (unpaired) electrons. The van der Waals surface area contributed by atoms with Crippen molar-refractivity contribution in [2.45, 2.75) is 31.8 Å². The molecule has 0 unspecified atom stereocenters. The molecule has 0 aromatic heterocycles. The molecule has 0 aliphatic carbocycles. The number of hydrogen-bond donors (Lipinski definition) is 0. The maximum Gasteiger partial charge on any atom is 0.0682 e. The molecule has 0 bridgehead atoms. The van der Waals surface area contributed by atoms with Crippen molar-refractivity contribution >= 4 is 23.5 Å². The Kier molecular flexibility index (Phi) is 4.04. The number of thioether (sulfide) groups is 2. The van der Waals surface area contributed by atoms with E-state index in [4.69, 9.17) is 0 Å². The van der Waals surface area contributed by atoms with Gasteiger partial charge in [-0.25, -0.2) is 0 Å². The second-order valence-corrected chi connectivity index (χ2v) is 6.99. The van der Waals surface area contributed by atoms with E-state index in [9.17, 15) is 0 Å². The van der Waals surface area contributed by atoms with Crippen molar-refractivity contribution in [3.63, 3.8) is 0 Å². The first kappa shape index (κ1) is 10.5. The van der Waals surface area contributed by atoms with Gasteiger partial charge in [-0.05, 0) is 23.3 Å². The van der Waals surface area contributed by atoms with Crippen molar-refractivity contribution in [2.24, 2.45) is 5.41 Å². The van der Waals surface area contributed by atoms with Gasteiger partial charge in [0.25, 0.3) is 0 Å². The fourth-order valence-corrected chi connectivity index (χ4v) is 3.60. The van der Waals surface area contributed by atoms with Gasteiger partial charge < -0.3 is 0 Å². The van der Waals surface area contributed by atoms with E-state index in [1.54, 1.807) is 0 Å². The third-order valence-corrected chi connectivity index (χ3v) is 4.44. The van der Waals surface area contributed by atoms with Crippen molar-refractivity contribution in [3.8, 4) is 0 Å². The van der Waals surface area contributed by atoms with Crippen LogP contribution in [0.5, 0.6) is 0 Å². The smallest absolute Gasteiger partial charge is 0.0682 e. The molecule has 1 rings (SSSR count). The maximum absolute atomic E-state index is 2.37. The van der Waals surface area contributed by atoms with Gasteiger partial charge in [-0.15, -0.1) is 23.5 Å². The van der Waals surface area contributed by atoms with E-state index < -0.39 is 0 Å². The predicted octanol–water partition coefficient (Wildman–Crippen LogP) is 3.78. The van der Waals surface area contributed by atoms with Crippen LogP contribution >= 0.6 is 23.5 Å². The van der Waals surface area contributed by atoms with Gasteiger partial charge in [0.2, 0.25) is 0 Å². The van der Waals surface area contributed by atoms with Gasteiger partial charge in [-0.3, -0.25) is 0 Å². The molecule has 0 aromatic rings. The van der Waals surface area contributed by atoms with E-state index in [1.807, 2.05) is 0 Å². The Hall–Kier alpha value is 0.440. The minimum Gasteiger partial charge on any atom is -0.143 e. The molecule has 12 heavy (non-hydrogen) atoms. The van der Waals surface area contributed by atoms with Crippen LogP contribution in [0.25, 0.3) is 0 Å². The van der Waals surface area contributed by atoms with E-state index in [1.165, 1.54) is 17.9 Å². The van der Waals surface area contributed by atoms with Crippen LogP contribution in [0.1, 0.15) is 27.2 Å². The third kappa shape index (κ3) is 4.46. The largest absolute Gasteiger partial charge is 0.143 e. The summed E-state index contributed by atoms with van der Waals surface area (Å²) in [4.78, 5) is 0. The van der Waals surface area contributed by atoms with E-state index in [0.29, 0.717) is 5.41 Å². The second-order valence-electron chi connectivity index (χ2n) is 4.19. The van der Waals surface area contributed by atoms with Crippen LogP contribution in [0.2, 0.25) is 0 Å². The molecule has 0 nitrogen and oxygen atoms in total. The first-order valence-corrected chi connectivity index (χ1v) is 6.60. The Morgan fingerprint density at radius 1 is 1.17 bits per heavy atom. The average Bonchev–Trinajstić information content (AvgIpc) is 2.02. The molecule has 1 fully saturated rings. The highest BCUT2D eigenvalue weighted by Gasteiger charge is 2.12. The monoisotopic (exact) mass is 202 g/mol. The Labute approximate surface area is 84.6 Å². The minimum absolute atomic E-state index is 0.346. The van der Waals surface area contributed by atoms with Gasteiger partial charge in [-0.1, -0.05) is 32.9 Å². The first-order valence-electron chi connectivity index (χ1n) is 4.50. The molecule has 0 aromatic carbocycles. The Morgan fingerprint density at radius 2 is 1.75 bits per heavy atom. The van der Waals surface area contributed by atoms with Crippen molar-refractivity contribution in [2.75, 3.05) is 11.5 Å². The molecule has 0 amide bonds. The average molecular weight is 202 g/mol. The fourth-order valence-electron chi connectivity index (χ4n) is 0.984. The van der Waals surface area contributed by atoms with Gasteiger partial charge in [0.15, 0.2) is 0 Å². The van der Waals surface area contributed by atoms with E-state index in [0.717, 1.165) is 4.58 Å². The molecule has 1 saturated heterocycles. The van der Waals surface area contributed by atoms with Crippen LogP contribution in [0, 0.1) is 5.41 Å². The van der Waals surface area contributed by atoms with Crippen molar-refractivity contribution < 1.29 is 0 Å². The van der Waals surface area contributed by atoms with Crippen molar-refractivity contribution in [3.05, 3.63) is 12.2 Å². The normalized spacial score (nSPS) is 21.9. The van der Waals surface area contributed by atoms with Crippen molar-refractivity contribution in [1.82, 2.24) is 0 Å². The standard InChI is InChI=1S/C10H18S2/c1-10(2,3)6-5-9-11-7-4-8-12-9/h5-6,9H,4,7-8H2,1-3H3/b6-5+. The van der Waals surface area contributed by atoms with Crippen LogP contribution in [-0.2, 0) is 0 Å². The number of allylic oxidation sites excluding steroid dienone is 1. The van der Waals surface area contributed by atoms with Gasteiger partial charge in [0, 0.05) is 0 Å². The summed E-state index contributed by atoms with van der Waals surface area (Å²) in [7, 11) is 0. The topological polar surface area (TPSA) is 0 Å². The van der Waals surface area contributed by atoms with Gasteiger partial charge in [0.05, 0.1) is 4.58 Å². The zero-order chi connectivity index (χ0) is 9.03. The Balaban J connectivity index is 2.33. The quantitative estimate of drug-likeness (QED) is 0.593. The lowest BCUT2D eigenvalue weighted by Gasteiger charge is -2.19. The molecule has 1 heterocycles. The molecule has 1 aliphatic heterocycles. The lowest BCUT2D eigenvalue weighted by atomic mass is 9.97. The molecule has 2 heteroatoms. The fraction of sp³-hybridized carbons (Fsp3) is 0.800. The lowest BCUT2D eigenvalue weighted by molar-refractivity contribution is 0.543. The van der Waals surface area contributed by atoms with Crippen LogP contribution in [0.3, 0.4) is 0 Å². The summed E-state index contributed by atoms with van der Waals surface area (Å²) in [5, 5.41) is 0. The molecule has 0 saturated carbocycles. The third-order valence-electron chi connectivity index (χ3n) is 1.61. The van der Waals surface area contributed by atoms with E-state index in [-0.39, 0.29) is 0 Å². The zero-order valence-electron chi connectivity index (χ0n) is 8.17. The second kappa shape index (κ2) is 4.61. The molecule has 70 valence electrons. The Bertz CT molecular complexity index is 150. The summed E-state index contributed by atoms with van der Waals surface area (Å²) < 4.78 is 0.720. The summed E-state index contributed by atoms with van der Waals surface area (Å²) in [6.07, 6.45) is 6.09. The highest BCUT2D eigenvalue weighted by molar-refractivity contribution is 8.17. The van der Waals surface area contributed by atoms with Gasteiger partial charge >= 0.3 is 0 Å². The number of rotatable bonds is 1. The van der Waals surface area contributed by atoms with Crippen LogP contribution in [-0.4, -0.2) is 16.1 Å². The Morgan fingerprint density at radius 3 is 2.25 bits per heavy atom. The first-order chi connectivity index (χ1) is 5.58. The lowest BCUT2D eigenvalue weighted by Crippen LogP contribution is -2.06. The van der Waals surface area contributed by atoms with Crippen LogP contribution < -0.4 is 0 Å². The zero-order valence-corrected chi connectivity index (χ0v) is 9.80. The van der Waals surface area contributed by atoms with E-state index >= 15 is 0 Å². The highest BCUT2D eigenvalue weighted by Crippen LogP contribution is 2.32. The molecule has 0 spiro atoms. The van der Waals surface area contributed by atoms with Crippen LogP contribution in [0.15, 0.2) is 12.2 Å². The highest BCUT2D eigenvalue weighted by atomic mass is 32.2. The predicted molar refractivity (Wildman–Crippen MR) is 61.9 cm³/mol. The maximum atomic E-state index is 2.37. The summed E-state index contributed by atoms with van der Waals surface area (Å²) in [5.41, 5.74) is 0.346. The molecule has 0 atom stereocenters. The summed E-state index contributed by atoms with van der Waals surface area (Å²) in [6.45, 7) is 6.75. The molecular formula is C10H18S2. The van der Waals surface area contributed by atoms with Crippen molar-refractivity contribution in [1.29, 1.82) is 0 Å². The molecule has 0 N–H and O–H groups in total. The minimum atomic E-state index is 0.346. The van der Waals surface area contributed by atoms with E-state index in [2.05, 4.69) is 56.4 Å². The van der Waals surface area contributed by atoms with Gasteiger partial charge in [0.1, 0.15) is 0 Å². The summed E-state index contributed by atoms with van der Waals surface area (Å²) in [6, 6.07) is 0. The van der Waals surface area contributed by atoms with Gasteiger partial charge in [-0.2, -0.15) is 0 Å². The molecule has 1 aliphatic rings. The number of hydrogen-bond acceptors (Lipinski definition) is 2. The summed E-state index contributed by atoms with van der Waals surface area (Å²) >= 11 is 4.16. The SMILES string of the molecule is CC(C)(C)/C=C/C1SCCCS1. The van der Waals surface area contributed by atoms with Crippen LogP contribution in [0.4, 0.5) is 0 Å².